The third-order valence-electron chi connectivity index (χ3n) is 1.72. The van der Waals surface area contributed by atoms with E-state index in [0.29, 0.717) is 11.5 Å². The van der Waals surface area contributed by atoms with E-state index in [1.54, 1.807) is 25.1 Å². The molecule has 14 heavy (non-hydrogen) atoms. The normalized spacial score (nSPS) is 9.64. The number of rotatable bonds is 2. The van der Waals surface area contributed by atoms with Crippen LogP contribution in [0, 0.1) is 0 Å². The highest BCUT2D eigenvalue weighted by atomic mass is 16.5. The third-order valence-corrected chi connectivity index (χ3v) is 1.72. The van der Waals surface area contributed by atoms with E-state index in [4.69, 9.17) is 5.73 Å². The lowest BCUT2D eigenvalue weighted by Crippen LogP contribution is -2.15. The minimum Gasteiger partial charge on any atom is -0.464 e. The van der Waals surface area contributed by atoms with Gasteiger partial charge in [0.25, 0.3) is 0 Å². The quantitative estimate of drug-likeness (QED) is 0.696. The fraction of sp³-hybridized carbons (Fsp3) is 0.333. The molecule has 2 N–H and O–H groups in total. The second-order valence-corrected chi connectivity index (χ2v) is 3.00. The van der Waals surface area contributed by atoms with Crippen molar-refractivity contribution in [2.45, 2.75) is 0 Å². The van der Waals surface area contributed by atoms with Crippen LogP contribution in [0.15, 0.2) is 12.1 Å². The highest BCUT2D eigenvalue weighted by Gasteiger charge is 2.10. The van der Waals surface area contributed by atoms with Gasteiger partial charge < -0.3 is 15.4 Å². The van der Waals surface area contributed by atoms with Gasteiger partial charge in [0, 0.05) is 14.1 Å². The van der Waals surface area contributed by atoms with Crippen molar-refractivity contribution in [2.75, 3.05) is 31.8 Å². The molecular weight excluding hydrogens is 182 g/mol. The lowest BCUT2D eigenvalue weighted by molar-refractivity contribution is 0.0594. The van der Waals surface area contributed by atoms with Crippen LogP contribution in [-0.2, 0) is 4.74 Å². The Morgan fingerprint density at radius 3 is 2.64 bits per heavy atom. The fourth-order valence-electron chi connectivity index (χ4n) is 1.04. The number of carbonyl (C=O) groups excluding carboxylic acids is 1. The zero-order chi connectivity index (χ0) is 10.7. The number of hydrogen-bond acceptors (Lipinski definition) is 5. The number of esters is 1. The van der Waals surface area contributed by atoms with Crippen molar-refractivity contribution in [3.63, 3.8) is 0 Å². The largest absolute Gasteiger partial charge is 0.464 e. The average Bonchev–Trinajstić information content (AvgIpc) is 2.17. The molecule has 0 aliphatic carbocycles. The number of nitrogens with two attached hydrogens (primary N) is 1. The first-order valence-electron chi connectivity index (χ1n) is 4.08. The molecule has 76 valence electrons. The molecule has 1 heterocycles. The van der Waals surface area contributed by atoms with Gasteiger partial charge in [-0.15, -0.1) is 0 Å². The zero-order valence-corrected chi connectivity index (χ0v) is 8.44. The molecule has 0 unspecified atom stereocenters. The van der Waals surface area contributed by atoms with Gasteiger partial charge in [-0.3, -0.25) is 0 Å². The molecule has 0 radical (unpaired) electrons. The molecule has 0 bridgehead atoms. The second kappa shape index (κ2) is 3.95. The summed E-state index contributed by atoms with van der Waals surface area (Å²) >= 11 is 0. The summed E-state index contributed by atoms with van der Waals surface area (Å²) in [5.41, 5.74) is 6.46. The molecule has 0 aliphatic heterocycles. The molecule has 0 saturated carbocycles. The maximum Gasteiger partial charge on any atom is 0.356 e. The topological polar surface area (TPSA) is 68.5 Å². The van der Waals surface area contributed by atoms with E-state index >= 15 is 0 Å². The zero-order valence-electron chi connectivity index (χ0n) is 8.44. The Kier molecular flexibility index (Phi) is 2.91. The summed E-state index contributed by atoms with van der Waals surface area (Å²) in [6, 6.07) is 3.17. The van der Waals surface area contributed by atoms with Crippen molar-refractivity contribution in [2.24, 2.45) is 0 Å². The van der Waals surface area contributed by atoms with E-state index in [2.05, 4.69) is 9.72 Å². The smallest absolute Gasteiger partial charge is 0.356 e. The predicted octanol–water partition coefficient (Wildman–Crippen LogP) is 0.516. The molecule has 5 heteroatoms. The SMILES string of the molecule is COC(=O)c1ccc(N)c(N(C)C)n1. The number of aromatic nitrogens is 1. The van der Waals surface area contributed by atoms with E-state index in [1.165, 1.54) is 13.2 Å². The van der Waals surface area contributed by atoms with Gasteiger partial charge in [0.1, 0.15) is 0 Å². The Hall–Kier alpha value is -1.78. The molecular formula is C9H13N3O2. The summed E-state index contributed by atoms with van der Waals surface area (Å²) in [7, 11) is 4.93. The summed E-state index contributed by atoms with van der Waals surface area (Å²) in [5.74, 6) is 0.0981. The predicted molar refractivity (Wildman–Crippen MR) is 54.3 cm³/mol. The molecule has 0 spiro atoms. The summed E-state index contributed by atoms with van der Waals surface area (Å²) in [4.78, 5) is 17.0. The third kappa shape index (κ3) is 1.93. The number of nitrogen functional groups attached to an aromatic ring is 1. The monoisotopic (exact) mass is 195 g/mol. The Bertz CT molecular complexity index is 350. The average molecular weight is 195 g/mol. The molecule has 1 rings (SSSR count). The van der Waals surface area contributed by atoms with Crippen LogP contribution in [0.4, 0.5) is 11.5 Å². The minimum atomic E-state index is -0.465. The first-order chi connectivity index (χ1) is 6.56. The highest BCUT2D eigenvalue weighted by molar-refractivity contribution is 5.88. The van der Waals surface area contributed by atoms with Crippen LogP contribution < -0.4 is 10.6 Å². The van der Waals surface area contributed by atoms with Crippen LogP contribution in [0.3, 0.4) is 0 Å². The summed E-state index contributed by atoms with van der Waals surface area (Å²) in [5, 5.41) is 0. The lowest BCUT2D eigenvalue weighted by Gasteiger charge is -2.14. The van der Waals surface area contributed by atoms with E-state index in [9.17, 15) is 4.79 Å². The fourth-order valence-corrected chi connectivity index (χ4v) is 1.04. The molecule has 0 aromatic carbocycles. The van der Waals surface area contributed by atoms with E-state index < -0.39 is 5.97 Å². The summed E-state index contributed by atoms with van der Waals surface area (Å²) in [6.07, 6.45) is 0. The maximum atomic E-state index is 11.2. The minimum absolute atomic E-state index is 0.255. The Labute approximate surface area is 82.5 Å². The Balaban J connectivity index is 3.13. The first kappa shape index (κ1) is 10.3. The molecule has 0 amide bonds. The van der Waals surface area contributed by atoms with Gasteiger partial charge >= 0.3 is 5.97 Å². The van der Waals surface area contributed by atoms with Crippen LogP contribution >= 0.6 is 0 Å². The van der Waals surface area contributed by atoms with Crippen molar-refractivity contribution in [1.82, 2.24) is 4.98 Å². The molecule has 0 atom stereocenters. The number of nitrogens with zero attached hydrogens (tertiary/aromatic N) is 2. The van der Waals surface area contributed by atoms with Crippen molar-refractivity contribution in [3.8, 4) is 0 Å². The molecule has 1 aromatic rings. The second-order valence-electron chi connectivity index (χ2n) is 3.00. The van der Waals surface area contributed by atoms with Gasteiger partial charge in [0.05, 0.1) is 12.8 Å². The van der Waals surface area contributed by atoms with Gasteiger partial charge in [-0.1, -0.05) is 0 Å². The van der Waals surface area contributed by atoms with Crippen molar-refractivity contribution in [1.29, 1.82) is 0 Å². The number of hydrogen-bond donors (Lipinski definition) is 1. The Morgan fingerprint density at radius 1 is 1.50 bits per heavy atom. The lowest BCUT2D eigenvalue weighted by atomic mass is 10.3. The molecule has 0 fully saturated rings. The molecule has 1 aromatic heterocycles. The van der Waals surface area contributed by atoms with Crippen LogP contribution in [0.2, 0.25) is 0 Å². The van der Waals surface area contributed by atoms with Crippen LogP contribution in [0.25, 0.3) is 0 Å². The number of carbonyl (C=O) groups is 1. The van der Waals surface area contributed by atoms with Crippen LogP contribution in [0.5, 0.6) is 0 Å². The van der Waals surface area contributed by atoms with E-state index in [0.717, 1.165) is 0 Å². The number of pyridine rings is 1. The summed E-state index contributed by atoms with van der Waals surface area (Å²) in [6.45, 7) is 0. The number of methoxy groups -OCH3 is 1. The van der Waals surface area contributed by atoms with Crippen LogP contribution in [-0.4, -0.2) is 32.2 Å². The number of anilines is 2. The summed E-state index contributed by atoms with van der Waals surface area (Å²) < 4.78 is 4.55. The molecule has 5 nitrogen and oxygen atoms in total. The first-order valence-corrected chi connectivity index (χ1v) is 4.08. The number of ether oxygens (including phenoxy) is 1. The van der Waals surface area contributed by atoms with Gasteiger partial charge in [-0.05, 0) is 12.1 Å². The standard InChI is InChI=1S/C9H13N3O2/c1-12(2)8-6(10)4-5-7(11-8)9(13)14-3/h4-5H,10H2,1-3H3. The van der Waals surface area contributed by atoms with E-state index in [-0.39, 0.29) is 5.69 Å². The van der Waals surface area contributed by atoms with Gasteiger partial charge in [-0.25, -0.2) is 9.78 Å². The highest BCUT2D eigenvalue weighted by Crippen LogP contribution is 2.18. The maximum absolute atomic E-state index is 11.2. The molecule has 0 saturated heterocycles. The van der Waals surface area contributed by atoms with Crippen molar-refractivity contribution >= 4 is 17.5 Å². The van der Waals surface area contributed by atoms with Crippen LogP contribution in [0.1, 0.15) is 10.5 Å². The Morgan fingerprint density at radius 2 is 2.14 bits per heavy atom. The van der Waals surface area contributed by atoms with E-state index in [1.807, 2.05) is 0 Å². The van der Waals surface area contributed by atoms with Crippen molar-refractivity contribution in [3.05, 3.63) is 17.8 Å². The van der Waals surface area contributed by atoms with Crippen molar-refractivity contribution < 1.29 is 9.53 Å². The van der Waals surface area contributed by atoms with Gasteiger partial charge in [-0.2, -0.15) is 0 Å². The van der Waals surface area contributed by atoms with Gasteiger partial charge in [0.2, 0.25) is 0 Å². The van der Waals surface area contributed by atoms with Gasteiger partial charge in [0.15, 0.2) is 11.5 Å². The molecule has 0 aliphatic rings.